The molecule has 1 heteroatoms. The van der Waals surface area contributed by atoms with Gasteiger partial charge in [-0.05, 0) is 85.1 Å². The largest absolute Gasteiger partial charge is 0.251 e. The van der Waals surface area contributed by atoms with E-state index in [2.05, 4.69) is 25.1 Å². The number of benzene rings is 1. The summed E-state index contributed by atoms with van der Waals surface area (Å²) in [7, 11) is 0. The first-order chi connectivity index (χ1) is 13.8. The molecular formula is C27H41F. The summed E-state index contributed by atoms with van der Waals surface area (Å²) < 4.78 is 13.7. The molecule has 0 radical (unpaired) electrons. The third-order valence-electron chi connectivity index (χ3n) is 6.99. The van der Waals surface area contributed by atoms with Gasteiger partial charge in [0.25, 0.3) is 0 Å². The quantitative estimate of drug-likeness (QED) is 0.354. The van der Waals surface area contributed by atoms with Crippen LogP contribution in [0.2, 0.25) is 0 Å². The summed E-state index contributed by atoms with van der Waals surface area (Å²) in [4.78, 5) is 0. The fraction of sp³-hybridized carbons (Fsp3) is 0.704. The monoisotopic (exact) mass is 384 g/mol. The molecule has 1 fully saturated rings. The Labute approximate surface area is 173 Å². The van der Waals surface area contributed by atoms with E-state index in [0.717, 1.165) is 0 Å². The second-order valence-corrected chi connectivity index (χ2v) is 9.08. The van der Waals surface area contributed by atoms with E-state index in [4.69, 9.17) is 0 Å². The Morgan fingerprint density at radius 3 is 2.43 bits per heavy atom. The molecule has 3 rings (SSSR count). The summed E-state index contributed by atoms with van der Waals surface area (Å²) in [5, 5.41) is 0. The smallest absolute Gasteiger partial charge is 0.0935 e. The molecule has 0 N–H and O–H groups in total. The van der Waals surface area contributed by atoms with E-state index in [1.807, 2.05) is 0 Å². The van der Waals surface area contributed by atoms with Crippen molar-refractivity contribution in [1.82, 2.24) is 0 Å². The van der Waals surface area contributed by atoms with Gasteiger partial charge < -0.3 is 0 Å². The number of halogens is 1. The SMILES string of the molecule is CCCCCCCc1ccc(C2=CCCCC2)c(CCF)c1C1CCCCC1. The lowest BCUT2D eigenvalue weighted by molar-refractivity contribution is 0.435. The summed E-state index contributed by atoms with van der Waals surface area (Å²) in [5.41, 5.74) is 7.41. The van der Waals surface area contributed by atoms with Crippen LogP contribution >= 0.6 is 0 Å². The van der Waals surface area contributed by atoms with Crippen LogP contribution in [0.4, 0.5) is 4.39 Å². The van der Waals surface area contributed by atoms with Crippen LogP contribution in [0, 0.1) is 0 Å². The summed E-state index contributed by atoms with van der Waals surface area (Å²) >= 11 is 0. The third kappa shape index (κ3) is 5.71. The first-order valence-corrected chi connectivity index (χ1v) is 12.2. The molecule has 28 heavy (non-hydrogen) atoms. The second kappa shape index (κ2) is 11.8. The molecule has 0 heterocycles. The fourth-order valence-electron chi connectivity index (χ4n) is 5.50. The maximum atomic E-state index is 13.7. The average Bonchev–Trinajstić information content (AvgIpc) is 2.75. The molecule has 0 amide bonds. The predicted molar refractivity (Wildman–Crippen MR) is 121 cm³/mol. The van der Waals surface area contributed by atoms with Gasteiger partial charge in [0, 0.05) is 6.42 Å². The zero-order chi connectivity index (χ0) is 19.6. The van der Waals surface area contributed by atoms with E-state index >= 15 is 0 Å². The van der Waals surface area contributed by atoms with E-state index < -0.39 is 0 Å². The lowest BCUT2D eigenvalue weighted by Crippen LogP contribution is -2.14. The first-order valence-electron chi connectivity index (χ1n) is 12.2. The van der Waals surface area contributed by atoms with E-state index in [1.54, 1.807) is 11.1 Å². The Morgan fingerprint density at radius 1 is 0.893 bits per heavy atom. The molecule has 0 spiro atoms. The van der Waals surface area contributed by atoms with Gasteiger partial charge in [-0.25, -0.2) is 0 Å². The zero-order valence-electron chi connectivity index (χ0n) is 18.2. The molecule has 0 atom stereocenters. The van der Waals surface area contributed by atoms with Crippen LogP contribution in [0.3, 0.4) is 0 Å². The lowest BCUT2D eigenvalue weighted by atomic mass is 9.76. The Balaban J connectivity index is 1.91. The van der Waals surface area contributed by atoms with E-state index in [9.17, 15) is 4.39 Å². The van der Waals surface area contributed by atoms with Crippen molar-refractivity contribution < 1.29 is 4.39 Å². The third-order valence-corrected chi connectivity index (χ3v) is 6.99. The number of rotatable bonds is 10. The normalized spacial score (nSPS) is 18.3. The molecule has 0 aromatic heterocycles. The Morgan fingerprint density at radius 2 is 1.71 bits per heavy atom. The average molecular weight is 385 g/mol. The van der Waals surface area contributed by atoms with Crippen molar-refractivity contribution in [2.75, 3.05) is 6.67 Å². The molecule has 0 nitrogen and oxygen atoms in total. The summed E-state index contributed by atoms with van der Waals surface area (Å²) in [6.07, 6.45) is 22.6. The number of hydrogen-bond donors (Lipinski definition) is 0. The molecule has 0 aliphatic heterocycles. The van der Waals surface area contributed by atoms with Crippen molar-refractivity contribution >= 4 is 5.57 Å². The van der Waals surface area contributed by atoms with Gasteiger partial charge in [0.15, 0.2) is 0 Å². The van der Waals surface area contributed by atoms with E-state index in [0.29, 0.717) is 12.3 Å². The number of hydrogen-bond acceptors (Lipinski definition) is 0. The van der Waals surface area contributed by atoms with Gasteiger partial charge in [-0.2, -0.15) is 0 Å². The van der Waals surface area contributed by atoms with Crippen molar-refractivity contribution in [2.45, 2.75) is 116 Å². The second-order valence-electron chi connectivity index (χ2n) is 9.08. The van der Waals surface area contributed by atoms with Gasteiger partial charge in [0.05, 0.1) is 6.67 Å². The maximum absolute atomic E-state index is 13.7. The van der Waals surface area contributed by atoms with Gasteiger partial charge in [-0.15, -0.1) is 0 Å². The van der Waals surface area contributed by atoms with Gasteiger partial charge in [0.2, 0.25) is 0 Å². The number of allylic oxidation sites excluding steroid dienone is 2. The minimum absolute atomic E-state index is 0.222. The van der Waals surface area contributed by atoms with Gasteiger partial charge in [-0.1, -0.05) is 70.1 Å². The van der Waals surface area contributed by atoms with Crippen molar-refractivity contribution in [3.63, 3.8) is 0 Å². The van der Waals surface area contributed by atoms with Crippen LogP contribution in [0.15, 0.2) is 18.2 Å². The number of alkyl halides is 1. The van der Waals surface area contributed by atoms with Crippen molar-refractivity contribution in [3.8, 4) is 0 Å². The van der Waals surface area contributed by atoms with Crippen LogP contribution in [-0.2, 0) is 12.8 Å². The molecule has 1 aromatic carbocycles. The standard InChI is InChI=1S/C27H41F/c1-2-3-4-5-8-17-24-18-19-25(22-13-9-6-10-14-22)26(20-21-28)27(24)23-15-11-7-12-16-23/h13,18-19,23H,2-12,14-17,20-21H2,1H3. The van der Waals surface area contributed by atoms with E-state index in [-0.39, 0.29) is 6.67 Å². The summed E-state index contributed by atoms with van der Waals surface area (Å²) in [5.74, 6) is 0.671. The maximum Gasteiger partial charge on any atom is 0.0935 e. The fourth-order valence-corrected chi connectivity index (χ4v) is 5.50. The number of aryl methyl sites for hydroxylation is 1. The lowest BCUT2D eigenvalue weighted by Gasteiger charge is -2.29. The van der Waals surface area contributed by atoms with Gasteiger partial charge in [0.1, 0.15) is 0 Å². The van der Waals surface area contributed by atoms with Crippen LogP contribution in [0.25, 0.3) is 5.57 Å². The molecule has 156 valence electrons. The minimum atomic E-state index is -0.222. The molecule has 0 saturated heterocycles. The van der Waals surface area contributed by atoms with Crippen LogP contribution < -0.4 is 0 Å². The first kappa shape index (κ1) is 21.6. The predicted octanol–water partition coefficient (Wildman–Crippen LogP) is 8.72. The van der Waals surface area contributed by atoms with Gasteiger partial charge >= 0.3 is 0 Å². The molecule has 0 unspecified atom stereocenters. The Hall–Kier alpha value is -1.11. The highest BCUT2D eigenvalue weighted by Gasteiger charge is 2.24. The molecule has 0 bridgehead atoms. The topological polar surface area (TPSA) is 0 Å². The molecule has 1 aromatic rings. The van der Waals surface area contributed by atoms with Crippen LogP contribution in [-0.4, -0.2) is 6.67 Å². The summed E-state index contributed by atoms with van der Waals surface area (Å²) in [6, 6.07) is 4.78. The molecular weight excluding hydrogens is 343 g/mol. The highest BCUT2D eigenvalue weighted by molar-refractivity contribution is 5.71. The minimum Gasteiger partial charge on any atom is -0.251 e. The van der Waals surface area contributed by atoms with Crippen molar-refractivity contribution in [2.24, 2.45) is 0 Å². The molecule has 1 saturated carbocycles. The Bertz CT molecular complexity index is 621. The highest BCUT2D eigenvalue weighted by atomic mass is 19.1. The Kier molecular flexibility index (Phi) is 9.09. The molecule has 2 aliphatic rings. The van der Waals surface area contributed by atoms with Gasteiger partial charge in [-0.3, -0.25) is 4.39 Å². The summed E-state index contributed by atoms with van der Waals surface area (Å²) in [6.45, 7) is 2.06. The highest BCUT2D eigenvalue weighted by Crippen LogP contribution is 2.41. The number of unbranched alkanes of at least 4 members (excludes halogenated alkanes) is 4. The van der Waals surface area contributed by atoms with Crippen LogP contribution in [0.1, 0.15) is 125 Å². The van der Waals surface area contributed by atoms with E-state index in [1.165, 1.54) is 113 Å². The van der Waals surface area contributed by atoms with Crippen molar-refractivity contribution in [1.29, 1.82) is 0 Å². The zero-order valence-corrected chi connectivity index (χ0v) is 18.2. The van der Waals surface area contributed by atoms with Crippen molar-refractivity contribution in [3.05, 3.63) is 40.5 Å². The molecule has 2 aliphatic carbocycles. The van der Waals surface area contributed by atoms with Crippen LogP contribution in [0.5, 0.6) is 0 Å².